The van der Waals surface area contributed by atoms with Crippen molar-refractivity contribution in [3.63, 3.8) is 0 Å². The molecule has 7 rings (SSSR count). The number of amides is 2. The Bertz CT molecular complexity index is 4930. The summed E-state index contributed by atoms with van der Waals surface area (Å²) >= 11 is 8.11. The third kappa shape index (κ3) is 19.5. The summed E-state index contributed by atoms with van der Waals surface area (Å²) in [6.45, 7) is 4.92. The fraction of sp³-hybridized carbons (Fsp3) is 0.269. The van der Waals surface area contributed by atoms with Crippen LogP contribution in [0.1, 0.15) is 49.8 Å². The van der Waals surface area contributed by atoms with Gasteiger partial charge < -0.3 is 25.2 Å². The van der Waals surface area contributed by atoms with Crippen LogP contribution in [0.5, 0.6) is 17.4 Å². The van der Waals surface area contributed by atoms with E-state index in [-0.39, 0.29) is 143 Å². The number of hydrogen-bond acceptors (Lipinski definition) is 27. The van der Waals surface area contributed by atoms with Crippen LogP contribution in [0.3, 0.4) is 0 Å². The first-order valence-electron chi connectivity index (χ1n) is 26.3. The van der Waals surface area contributed by atoms with Crippen LogP contribution in [0.15, 0.2) is 127 Å². The van der Waals surface area contributed by atoms with Crippen molar-refractivity contribution in [1.29, 1.82) is 5.26 Å². The highest BCUT2D eigenvalue weighted by molar-refractivity contribution is 7.99. The number of carbonyl (C=O) groups excluding carboxylic acids is 2. The quantitative estimate of drug-likeness (QED) is 0.00977. The molecule has 5 aromatic carbocycles. The van der Waals surface area contributed by atoms with Gasteiger partial charge >= 0.3 is 0 Å². The summed E-state index contributed by atoms with van der Waals surface area (Å²) < 4.78 is 179. The largest absolute Gasteiger partial charge is 0.495 e. The summed E-state index contributed by atoms with van der Waals surface area (Å²) in [7, 11) is -21.9. The van der Waals surface area contributed by atoms with Crippen molar-refractivity contribution in [3.8, 4) is 23.4 Å². The molecule has 8 N–H and O–H groups in total. The SMILES string of the molecule is COc1ccc2nc3c(C#N)c(C)c(N=Nc4cc(C)c(N=Nc5cc(NC(C)=O)c(N=Nc6cc(NC(C)=O)c(N=Nc7ccc(S(=O)(=O)O)c(Cl)c7)cc6SCCCS(=O)(=O)O)cc5SCCCS(=O)(=O)O)cc4OCCCS(=O)(=O)O)c(O)n3c2c1S(=O)(=O)O. The van der Waals surface area contributed by atoms with E-state index in [1.54, 1.807) is 6.92 Å². The summed E-state index contributed by atoms with van der Waals surface area (Å²) in [5.41, 5.74) is -1.14. The van der Waals surface area contributed by atoms with Crippen LogP contribution >= 0.6 is 35.1 Å². The molecule has 0 aliphatic heterocycles. The van der Waals surface area contributed by atoms with Crippen LogP contribution in [0.2, 0.25) is 5.02 Å². The number of pyridine rings is 1. The summed E-state index contributed by atoms with van der Waals surface area (Å²) in [5.74, 6) is -4.44. The molecule has 41 heteroatoms. The molecule has 494 valence electrons. The monoisotopic (exact) mass is 1440 g/mol. The lowest BCUT2D eigenvalue weighted by Crippen LogP contribution is -2.08. The fourth-order valence-electron chi connectivity index (χ4n) is 8.39. The number of aryl methyl sites for hydroxylation is 1. The van der Waals surface area contributed by atoms with Gasteiger partial charge in [-0.15, -0.1) is 54.2 Å². The Balaban J connectivity index is 1.35. The van der Waals surface area contributed by atoms with Crippen LogP contribution < -0.4 is 20.1 Å². The van der Waals surface area contributed by atoms with E-state index in [1.165, 1.54) is 75.4 Å². The van der Waals surface area contributed by atoms with E-state index in [0.717, 1.165) is 47.2 Å². The molecule has 0 radical (unpaired) electrons. The Morgan fingerprint density at radius 2 is 1.15 bits per heavy atom. The van der Waals surface area contributed by atoms with E-state index < -0.39 is 100 Å². The number of methoxy groups -OCH3 is 1. The number of thioether (sulfide) groups is 2. The molecule has 0 bridgehead atoms. The number of carbonyl (C=O) groups is 2. The highest BCUT2D eigenvalue weighted by atomic mass is 35.5. The minimum atomic E-state index is -5.09. The Morgan fingerprint density at radius 3 is 1.65 bits per heavy atom. The van der Waals surface area contributed by atoms with E-state index in [4.69, 9.17) is 21.1 Å². The summed E-state index contributed by atoms with van der Waals surface area (Å²) in [5, 5.41) is 61.6. The van der Waals surface area contributed by atoms with Crippen molar-refractivity contribution in [1.82, 2.24) is 9.38 Å². The number of rotatable bonds is 28. The lowest BCUT2D eigenvalue weighted by Gasteiger charge is -2.13. The van der Waals surface area contributed by atoms with Gasteiger partial charge in [-0.1, -0.05) is 11.6 Å². The number of nitrogens with one attached hydrogen (secondary N) is 2. The predicted molar refractivity (Wildman–Crippen MR) is 341 cm³/mol. The van der Waals surface area contributed by atoms with Crippen molar-refractivity contribution >= 4 is 171 Å². The number of fused-ring (bicyclic) bond motifs is 3. The number of benzene rings is 5. The first-order chi connectivity index (χ1) is 43.4. The van der Waals surface area contributed by atoms with E-state index >= 15 is 0 Å². The first kappa shape index (κ1) is 72.2. The number of imidazole rings is 1. The number of anilines is 2. The molecule has 0 saturated carbocycles. The third-order valence-corrected chi connectivity index (χ3v) is 19.3. The summed E-state index contributed by atoms with van der Waals surface area (Å²) in [6, 6.07) is 15.9. The number of azo groups is 4. The molecule has 33 nitrogen and oxygen atoms in total. The zero-order valence-corrected chi connectivity index (χ0v) is 55.2. The number of aromatic hydroxyl groups is 1. The van der Waals surface area contributed by atoms with Crippen LogP contribution in [0.25, 0.3) is 16.7 Å². The molecule has 0 aliphatic rings. The predicted octanol–water partition coefficient (Wildman–Crippen LogP) is 11.8. The lowest BCUT2D eigenvalue weighted by molar-refractivity contribution is -0.115. The number of aromatic nitrogens is 2. The average molecular weight is 1440 g/mol. The maximum absolute atomic E-state index is 12.8. The third-order valence-electron chi connectivity index (χ3n) is 12.4. The molecule has 7 aromatic rings. The smallest absolute Gasteiger partial charge is 0.300 e. The molecular weight excluding hydrogens is 1390 g/mol. The number of hydrogen-bond donors (Lipinski definition) is 8. The molecule has 0 saturated heterocycles. The van der Waals surface area contributed by atoms with Crippen LogP contribution in [0.4, 0.5) is 56.9 Å². The van der Waals surface area contributed by atoms with Gasteiger partial charge in [-0.25, -0.2) is 4.98 Å². The lowest BCUT2D eigenvalue weighted by atomic mass is 10.1. The second kappa shape index (κ2) is 29.8. The fourth-order valence-corrected chi connectivity index (χ4v) is 14.0. The molecule has 0 spiro atoms. The standard InChI is InChI=1S/C52H52ClN13O20S7/c1-27-19-40(62-65-48-28(2)32(26-54)51-57-34-10-11-43(85-5)50(93(82,83)84)49(34)66(51)52(48)69)44(86-13-6-16-89(70,71)72)23-35(27)59-63-41-22-37(56-30(4)68)39(25-46(41)88-15-8-18-91(76,77)78)61-64-42-21-36(55-29(3)67)38(24-45(42)87-14-7-17-90(73,74)75)60-58-31-9-12-47(33(53)20-31)92(79,80)81/h9-12,19-25,69H,6-8,13-18H2,1-5H3,(H,55,67)(H,56,68)(H,70,71,72)(H,73,74,75)(H,76,77,78)(H,79,80,81)(H,82,83,84). The van der Waals surface area contributed by atoms with Crippen LogP contribution in [-0.4, -0.2) is 134 Å². The second-order valence-corrected chi connectivity index (χ2v) is 29.6. The molecule has 0 unspecified atom stereocenters. The zero-order valence-electron chi connectivity index (χ0n) is 48.8. The zero-order chi connectivity index (χ0) is 68.5. The van der Waals surface area contributed by atoms with Gasteiger partial charge in [0.05, 0.1) is 64.3 Å². The van der Waals surface area contributed by atoms with Crippen molar-refractivity contribution < 1.29 is 89.0 Å². The second-order valence-electron chi connectivity index (χ2n) is 19.5. The summed E-state index contributed by atoms with van der Waals surface area (Å²) in [4.78, 5) is 28.8. The number of halogens is 1. The topological polar surface area (TPSA) is 509 Å². The highest BCUT2D eigenvalue weighted by Crippen LogP contribution is 2.46. The first-order valence-corrected chi connectivity index (χ1v) is 36.4. The van der Waals surface area contributed by atoms with Gasteiger partial charge in [-0.05, 0) is 111 Å². The van der Waals surface area contributed by atoms with Gasteiger partial charge in [0.1, 0.15) is 62.0 Å². The van der Waals surface area contributed by atoms with Crippen molar-refractivity contribution in [2.45, 2.75) is 66.5 Å². The van der Waals surface area contributed by atoms with Crippen LogP contribution in [0, 0.1) is 25.2 Å². The van der Waals surface area contributed by atoms with Gasteiger partial charge in [0.15, 0.2) is 16.2 Å². The molecule has 2 amide bonds. The molecule has 2 heterocycles. The van der Waals surface area contributed by atoms with E-state index in [9.17, 15) is 84.8 Å². The average Bonchev–Trinajstić information content (AvgIpc) is 1.59. The van der Waals surface area contributed by atoms with Crippen molar-refractivity contribution in [2.75, 3.05) is 53.1 Å². The maximum atomic E-state index is 12.8. The maximum Gasteiger partial charge on any atom is 0.300 e. The van der Waals surface area contributed by atoms with Gasteiger partial charge in [0.25, 0.3) is 50.6 Å². The van der Waals surface area contributed by atoms with Crippen molar-refractivity contribution in [2.24, 2.45) is 40.9 Å². The van der Waals surface area contributed by atoms with E-state index in [1.807, 2.05) is 6.07 Å². The minimum Gasteiger partial charge on any atom is -0.495 e. The molecule has 0 atom stereocenters. The molecule has 0 fully saturated rings. The normalized spacial score (nSPS) is 12.7. The number of ether oxygens (including phenoxy) is 2. The Morgan fingerprint density at radius 1 is 0.634 bits per heavy atom. The molecule has 93 heavy (non-hydrogen) atoms. The highest BCUT2D eigenvalue weighted by Gasteiger charge is 2.29. The Hall–Kier alpha value is -8.18. The van der Waals surface area contributed by atoms with Gasteiger partial charge in [0.2, 0.25) is 17.7 Å². The minimum absolute atomic E-state index is 0.00223. The van der Waals surface area contributed by atoms with E-state index in [0.29, 0.717) is 5.56 Å². The van der Waals surface area contributed by atoms with Gasteiger partial charge in [-0.2, -0.15) is 57.6 Å². The number of nitrogens with zero attached hydrogens (tertiary/aromatic N) is 11. The molecule has 2 aromatic heterocycles. The van der Waals surface area contributed by atoms with Crippen molar-refractivity contribution in [3.05, 3.63) is 88.4 Å². The van der Waals surface area contributed by atoms with E-state index in [2.05, 4.69) is 56.5 Å². The Labute approximate surface area is 543 Å². The summed E-state index contributed by atoms with van der Waals surface area (Å²) in [6.07, 6.45) is -0.436. The number of nitriles is 1. The van der Waals surface area contributed by atoms with Gasteiger partial charge in [-0.3, -0.25) is 36.8 Å². The van der Waals surface area contributed by atoms with Crippen LogP contribution in [-0.2, 0) is 60.2 Å². The van der Waals surface area contributed by atoms with Gasteiger partial charge in [0, 0.05) is 35.3 Å². The molecular formula is C52H52ClN13O20S7. The Kier molecular flexibility index (Phi) is 23.2. The molecule has 0 aliphatic carbocycles.